The van der Waals surface area contributed by atoms with Crippen LogP contribution in [-0.4, -0.2) is 5.78 Å². The molecule has 0 fully saturated rings. The highest BCUT2D eigenvalue weighted by molar-refractivity contribution is 6.22. The van der Waals surface area contributed by atoms with E-state index in [-0.39, 0.29) is 5.78 Å². The van der Waals surface area contributed by atoms with E-state index in [0.717, 1.165) is 23.2 Å². The van der Waals surface area contributed by atoms with Crippen molar-refractivity contribution in [2.24, 2.45) is 0 Å². The van der Waals surface area contributed by atoms with Gasteiger partial charge in [-0.2, -0.15) is 0 Å². The highest BCUT2D eigenvalue weighted by atomic mass is 16.1. The fourth-order valence-corrected chi connectivity index (χ4v) is 2.38. The summed E-state index contributed by atoms with van der Waals surface area (Å²) in [6, 6.07) is 18.0. The second-order valence-corrected chi connectivity index (χ2v) is 4.65. The van der Waals surface area contributed by atoms with E-state index in [0.29, 0.717) is 6.42 Å². The number of anilines is 1. The van der Waals surface area contributed by atoms with Crippen LogP contribution in [0.4, 0.5) is 5.69 Å². The first kappa shape index (κ1) is 11.7. The molecule has 3 rings (SSSR count). The van der Waals surface area contributed by atoms with E-state index in [1.807, 2.05) is 54.7 Å². The number of hydrogen-bond acceptors (Lipinski definition) is 2. The van der Waals surface area contributed by atoms with E-state index in [2.05, 4.69) is 11.4 Å². The highest BCUT2D eigenvalue weighted by Gasteiger charge is 2.20. The number of rotatable bonds is 2. The van der Waals surface area contributed by atoms with Gasteiger partial charge in [-0.1, -0.05) is 42.5 Å². The maximum Gasteiger partial charge on any atom is 0.165 e. The van der Waals surface area contributed by atoms with Gasteiger partial charge in [0.2, 0.25) is 0 Å². The van der Waals surface area contributed by atoms with Crippen molar-refractivity contribution in [1.29, 1.82) is 0 Å². The third-order valence-corrected chi connectivity index (χ3v) is 3.39. The monoisotopic (exact) mass is 249 g/mol. The summed E-state index contributed by atoms with van der Waals surface area (Å²) in [5.41, 5.74) is 4.09. The summed E-state index contributed by atoms with van der Waals surface area (Å²) >= 11 is 0. The van der Waals surface area contributed by atoms with Gasteiger partial charge in [0.1, 0.15) is 0 Å². The number of fused-ring (bicyclic) bond motifs is 1. The van der Waals surface area contributed by atoms with Crippen molar-refractivity contribution in [2.75, 3.05) is 5.32 Å². The van der Waals surface area contributed by atoms with Crippen LogP contribution in [0.3, 0.4) is 0 Å². The Labute approximate surface area is 112 Å². The van der Waals surface area contributed by atoms with Crippen molar-refractivity contribution >= 4 is 17.0 Å². The van der Waals surface area contributed by atoms with E-state index < -0.39 is 0 Å². The molecule has 0 radical (unpaired) electrons. The molecule has 0 saturated heterocycles. The molecule has 94 valence electrons. The number of hydrogen-bond donors (Lipinski definition) is 1. The lowest BCUT2D eigenvalue weighted by atomic mass is 9.87. The zero-order valence-corrected chi connectivity index (χ0v) is 10.6. The van der Waals surface area contributed by atoms with Crippen LogP contribution in [-0.2, 0) is 11.2 Å². The molecule has 1 aliphatic carbocycles. The molecule has 2 aromatic carbocycles. The number of aryl methyl sites for hydroxylation is 1. The number of benzene rings is 2. The summed E-state index contributed by atoms with van der Waals surface area (Å²) in [7, 11) is 0. The molecule has 0 aromatic heterocycles. The first-order valence-electron chi connectivity index (χ1n) is 6.48. The molecule has 0 amide bonds. The van der Waals surface area contributed by atoms with Crippen LogP contribution in [0.5, 0.6) is 0 Å². The number of nitrogens with one attached hydrogen (secondary N) is 1. The number of ketones is 1. The van der Waals surface area contributed by atoms with Crippen molar-refractivity contribution in [3.05, 3.63) is 71.9 Å². The van der Waals surface area contributed by atoms with Gasteiger partial charge >= 0.3 is 0 Å². The number of allylic oxidation sites excluding steroid dienone is 1. The average Bonchev–Trinajstić information content (AvgIpc) is 2.47. The normalized spacial score (nSPS) is 16.2. The molecule has 0 atom stereocenters. The van der Waals surface area contributed by atoms with Crippen molar-refractivity contribution in [2.45, 2.75) is 12.8 Å². The van der Waals surface area contributed by atoms with Crippen molar-refractivity contribution in [3.63, 3.8) is 0 Å². The molecule has 0 heterocycles. The Morgan fingerprint density at radius 1 is 0.895 bits per heavy atom. The smallest absolute Gasteiger partial charge is 0.165 e. The molecular formula is C17H15NO. The topological polar surface area (TPSA) is 29.1 Å². The Kier molecular flexibility index (Phi) is 3.15. The van der Waals surface area contributed by atoms with Gasteiger partial charge in [-0.25, -0.2) is 0 Å². The minimum absolute atomic E-state index is 0.210. The summed E-state index contributed by atoms with van der Waals surface area (Å²) in [6.07, 6.45) is 3.27. The van der Waals surface area contributed by atoms with Crippen LogP contribution in [0.25, 0.3) is 5.57 Å². The minimum atomic E-state index is 0.210. The van der Waals surface area contributed by atoms with Crippen LogP contribution in [0.15, 0.2) is 60.8 Å². The van der Waals surface area contributed by atoms with Crippen molar-refractivity contribution in [1.82, 2.24) is 0 Å². The molecular weight excluding hydrogens is 234 g/mol. The number of para-hydroxylation sites is 1. The summed E-state index contributed by atoms with van der Waals surface area (Å²) in [5.74, 6) is 0.210. The molecule has 1 aliphatic rings. The van der Waals surface area contributed by atoms with Gasteiger partial charge in [-0.05, 0) is 29.7 Å². The maximum absolute atomic E-state index is 12.1. The molecule has 2 heteroatoms. The third kappa shape index (κ3) is 2.43. The van der Waals surface area contributed by atoms with E-state index in [1.165, 1.54) is 5.56 Å². The molecule has 2 aromatic rings. The van der Waals surface area contributed by atoms with Crippen molar-refractivity contribution in [3.8, 4) is 0 Å². The molecule has 19 heavy (non-hydrogen) atoms. The maximum atomic E-state index is 12.1. The standard InChI is InChI=1S/C17H15NO/c19-17-11-10-13-6-4-5-9-15(13)16(17)12-18-14-7-2-1-3-8-14/h1-9,12,18H,10-11H2. The Hall–Kier alpha value is -2.35. The van der Waals surface area contributed by atoms with Crippen LogP contribution in [0.2, 0.25) is 0 Å². The molecule has 0 spiro atoms. The Morgan fingerprint density at radius 3 is 2.47 bits per heavy atom. The second kappa shape index (κ2) is 5.11. The van der Waals surface area contributed by atoms with Crippen LogP contribution >= 0.6 is 0 Å². The van der Waals surface area contributed by atoms with Gasteiger partial charge in [0.15, 0.2) is 5.78 Å². The summed E-state index contributed by atoms with van der Waals surface area (Å²) in [5, 5.41) is 3.20. The minimum Gasteiger partial charge on any atom is -0.361 e. The summed E-state index contributed by atoms with van der Waals surface area (Å²) in [6.45, 7) is 0. The lowest BCUT2D eigenvalue weighted by molar-refractivity contribution is -0.113. The van der Waals surface area contributed by atoms with Gasteiger partial charge in [0.05, 0.1) is 0 Å². The van der Waals surface area contributed by atoms with Crippen LogP contribution in [0, 0.1) is 0 Å². The quantitative estimate of drug-likeness (QED) is 0.823. The molecule has 0 unspecified atom stereocenters. The van der Waals surface area contributed by atoms with Crippen molar-refractivity contribution < 1.29 is 4.79 Å². The zero-order chi connectivity index (χ0) is 13.1. The second-order valence-electron chi connectivity index (χ2n) is 4.65. The lowest BCUT2D eigenvalue weighted by Crippen LogP contribution is -2.13. The number of carbonyl (C=O) groups excluding carboxylic acids is 1. The van der Waals surface area contributed by atoms with Gasteiger partial charge < -0.3 is 5.32 Å². The van der Waals surface area contributed by atoms with E-state index in [9.17, 15) is 4.79 Å². The van der Waals surface area contributed by atoms with Gasteiger partial charge in [0, 0.05) is 23.9 Å². The lowest BCUT2D eigenvalue weighted by Gasteiger charge is -2.17. The predicted octanol–water partition coefficient (Wildman–Crippen LogP) is 3.65. The SMILES string of the molecule is O=C1CCc2ccccc2C1=CNc1ccccc1. The first-order valence-corrected chi connectivity index (χ1v) is 6.48. The molecule has 1 N–H and O–H groups in total. The Balaban J connectivity index is 1.93. The average molecular weight is 249 g/mol. The number of Topliss-reactive ketones (excluding diaryl/α,β-unsaturated/α-hetero) is 1. The summed E-state index contributed by atoms with van der Waals surface area (Å²) in [4.78, 5) is 12.1. The van der Waals surface area contributed by atoms with Gasteiger partial charge in [-0.15, -0.1) is 0 Å². The van der Waals surface area contributed by atoms with E-state index >= 15 is 0 Å². The van der Waals surface area contributed by atoms with Crippen LogP contribution < -0.4 is 5.32 Å². The van der Waals surface area contributed by atoms with Crippen LogP contribution in [0.1, 0.15) is 17.5 Å². The van der Waals surface area contributed by atoms with E-state index in [1.54, 1.807) is 0 Å². The Bertz CT molecular complexity index is 629. The fraction of sp³-hybridized carbons (Fsp3) is 0.118. The third-order valence-electron chi connectivity index (χ3n) is 3.39. The largest absolute Gasteiger partial charge is 0.361 e. The first-order chi connectivity index (χ1) is 9.34. The fourth-order valence-electron chi connectivity index (χ4n) is 2.38. The zero-order valence-electron chi connectivity index (χ0n) is 10.6. The van der Waals surface area contributed by atoms with E-state index in [4.69, 9.17) is 0 Å². The molecule has 2 nitrogen and oxygen atoms in total. The van der Waals surface area contributed by atoms with Gasteiger partial charge in [0.25, 0.3) is 0 Å². The highest BCUT2D eigenvalue weighted by Crippen LogP contribution is 2.28. The van der Waals surface area contributed by atoms with Gasteiger partial charge in [-0.3, -0.25) is 4.79 Å². The molecule has 0 aliphatic heterocycles. The molecule has 0 saturated carbocycles. The summed E-state index contributed by atoms with van der Waals surface area (Å²) < 4.78 is 0. The molecule has 0 bridgehead atoms. The predicted molar refractivity (Wildman–Crippen MR) is 77.8 cm³/mol. The Morgan fingerprint density at radius 2 is 1.63 bits per heavy atom. The number of carbonyl (C=O) groups is 1.